The van der Waals surface area contributed by atoms with Crippen molar-refractivity contribution in [3.05, 3.63) is 35.4 Å². The van der Waals surface area contributed by atoms with Gasteiger partial charge in [-0.2, -0.15) is 0 Å². The molecule has 1 aromatic rings. The summed E-state index contributed by atoms with van der Waals surface area (Å²) < 4.78 is 10.6. The van der Waals surface area contributed by atoms with E-state index >= 15 is 0 Å². The first-order valence-electron chi connectivity index (χ1n) is 12.6. The Morgan fingerprint density at radius 2 is 1.16 bits per heavy atom. The molecule has 0 N–H and O–H groups in total. The van der Waals surface area contributed by atoms with Crippen LogP contribution < -0.4 is 0 Å². The van der Waals surface area contributed by atoms with Gasteiger partial charge in [-0.25, -0.2) is 9.59 Å². The molecule has 0 unspecified atom stereocenters. The highest BCUT2D eigenvalue weighted by Crippen LogP contribution is 2.13. The smallest absolute Gasteiger partial charge is 0.339 e. The quantitative estimate of drug-likeness (QED) is 0.142. The molecule has 0 amide bonds. The van der Waals surface area contributed by atoms with Gasteiger partial charge in [0.2, 0.25) is 0 Å². The second kappa shape index (κ2) is 19.4. The van der Waals surface area contributed by atoms with E-state index in [4.69, 9.17) is 9.47 Å². The molecule has 32 heavy (non-hydrogen) atoms. The maximum Gasteiger partial charge on any atom is 0.339 e. The molecule has 0 aliphatic heterocycles. The van der Waals surface area contributed by atoms with Gasteiger partial charge in [-0.3, -0.25) is 0 Å². The van der Waals surface area contributed by atoms with Gasteiger partial charge in [-0.05, 0) is 25.0 Å². The van der Waals surface area contributed by atoms with Crippen LogP contribution in [0.4, 0.5) is 0 Å². The van der Waals surface area contributed by atoms with Crippen LogP contribution in [0.2, 0.25) is 0 Å². The zero-order chi connectivity index (χ0) is 23.3. The first-order valence-corrected chi connectivity index (χ1v) is 12.6. The Morgan fingerprint density at radius 1 is 0.656 bits per heavy atom. The van der Waals surface area contributed by atoms with Crippen molar-refractivity contribution in [2.75, 3.05) is 13.2 Å². The highest BCUT2D eigenvalue weighted by Gasteiger charge is 2.18. The topological polar surface area (TPSA) is 52.6 Å². The Labute approximate surface area is 195 Å². The van der Waals surface area contributed by atoms with Crippen LogP contribution in [-0.4, -0.2) is 25.2 Å². The molecular formula is C28H42O4. The normalized spacial score (nSPS) is 10.3. The second-order valence-corrected chi connectivity index (χ2v) is 8.25. The standard InChI is InChI=1S/C28H42O4/c1-3-5-7-9-10-11-12-13-14-16-20-24-32-28(30)26-22-18-17-21-25(26)27(29)31-23-19-15-8-6-4-2/h17-18,21-22H,3-15,19,23-24H2,1-2H3. The molecule has 0 aliphatic carbocycles. The number of ether oxygens (including phenoxy) is 2. The van der Waals surface area contributed by atoms with E-state index in [9.17, 15) is 9.59 Å². The molecular weight excluding hydrogens is 400 g/mol. The lowest BCUT2D eigenvalue weighted by molar-refractivity contribution is 0.0471. The van der Waals surface area contributed by atoms with Crippen LogP contribution in [0, 0.1) is 11.8 Å². The number of rotatable bonds is 17. The van der Waals surface area contributed by atoms with Crippen molar-refractivity contribution in [2.24, 2.45) is 0 Å². The number of carbonyl (C=O) groups excluding carboxylic acids is 2. The summed E-state index contributed by atoms with van der Waals surface area (Å²) in [6.45, 7) is 4.81. The van der Waals surface area contributed by atoms with E-state index in [0.29, 0.717) is 6.61 Å². The fraction of sp³-hybridized carbons (Fsp3) is 0.643. The van der Waals surface area contributed by atoms with Gasteiger partial charge in [0.25, 0.3) is 0 Å². The Morgan fingerprint density at radius 3 is 1.75 bits per heavy atom. The summed E-state index contributed by atoms with van der Waals surface area (Å²) in [5.74, 6) is 4.96. The molecule has 0 saturated carbocycles. The van der Waals surface area contributed by atoms with E-state index in [1.165, 1.54) is 57.8 Å². The summed E-state index contributed by atoms with van der Waals surface area (Å²) in [7, 11) is 0. The molecule has 0 heterocycles. The maximum atomic E-state index is 12.4. The molecule has 4 nitrogen and oxygen atoms in total. The minimum atomic E-state index is -0.540. The second-order valence-electron chi connectivity index (χ2n) is 8.25. The Kier molecular flexibility index (Phi) is 16.8. The van der Waals surface area contributed by atoms with Gasteiger partial charge in [-0.15, -0.1) is 0 Å². The fourth-order valence-electron chi connectivity index (χ4n) is 3.45. The lowest BCUT2D eigenvalue weighted by Gasteiger charge is -2.09. The van der Waals surface area contributed by atoms with Gasteiger partial charge in [0.05, 0.1) is 17.7 Å². The van der Waals surface area contributed by atoms with Crippen LogP contribution in [0.25, 0.3) is 0 Å². The van der Waals surface area contributed by atoms with Crippen molar-refractivity contribution >= 4 is 11.9 Å². The van der Waals surface area contributed by atoms with Gasteiger partial charge in [-0.1, -0.05) is 108 Å². The van der Waals surface area contributed by atoms with Gasteiger partial charge in [0.1, 0.15) is 0 Å². The molecule has 0 atom stereocenters. The monoisotopic (exact) mass is 442 g/mol. The van der Waals surface area contributed by atoms with Crippen molar-refractivity contribution in [3.63, 3.8) is 0 Å². The molecule has 178 valence electrons. The summed E-state index contributed by atoms with van der Waals surface area (Å²) >= 11 is 0. The largest absolute Gasteiger partial charge is 0.462 e. The minimum absolute atomic E-state index is 0.0384. The molecule has 1 rings (SSSR count). The summed E-state index contributed by atoms with van der Waals surface area (Å²) in [4.78, 5) is 24.8. The maximum absolute atomic E-state index is 12.4. The molecule has 0 bridgehead atoms. The number of hydrogen-bond acceptors (Lipinski definition) is 4. The van der Waals surface area contributed by atoms with Gasteiger partial charge in [0, 0.05) is 6.42 Å². The number of esters is 2. The third-order valence-electron chi connectivity index (χ3n) is 5.40. The van der Waals surface area contributed by atoms with Crippen LogP contribution >= 0.6 is 0 Å². The van der Waals surface area contributed by atoms with Gasteiger partial charge in [0.15, 0.2) is 6.61 Å². The number of hydrogen-bond donors (Lipinski definition) is 0. The zero-order valence-corrected chi connectivity index (χ0v) is 20.3. The highest BCUT2D eigenvalue weighted by atomic mass is 16.5. The molecule has 1 aromatic carbocycles. The van der Waals surface area contributed by atoms with E-state index in [-0.39, 0.29) is 17.7 Å². The Balaban J connectivity index is 2.28. The Bertz CT molecular complexity index is 699. The minimum Gasteiger partial charge on any atom is -0.462 e. The third-order valence-corrected chi connectivity index (χ3v) is 5.40. The van der Waals surface area contributed by atoms with Crippen molar-refractivity contribution in [2.45, 2.75) is 104 Å². The lowest BCUT2D eigenvalue weighted by atomic mass is 10.1. The van der Waals surface area contributed by atoms with Crippen LogP contribution in [0.1, 0.15) is 124 Å². The van der Waals surface area contributed by atoms with Crippen molar-refractivity contribution in [1.82, 2.24) is 0 Å². The fourth-order valence-corrected chi connectivity index (χ4v) is 3.45. The van der Waals surface area contributed by atoms with Crippen molar-refractivity contribution in [3.8, 4) is 11.8 Å². The summed E-state index contributed by atoms with van der Waals surface area (Å²) in [5, 5.41) is 0. The molecule has 0 radical (unpaired) electrons. The van der Waals surface area contributed by atoms with Gasteiger partial charge < -0.3 is 9.47 Å². The van der Waals surface area contributed by atoms with Crippen molar-refractivity contribution in [1.29, 1.82) is 0 Å². The summed E-state index contributed by atoms with van der Waals surface area (Å²) in [6, 6.07) is 6.63. The van der Waals surface area contributed by atoms with E-state index in [1.807, 2.05) is 0 Å². The predicted molar refractivity (Wildman–Crippen MR) is 131 cm³/mol. The van der Waals surface area contributed by atoms with E-state index in [2.05, 4.69) is 25.7 Å². The summed E-state index contributed by atoms with van der Waals surface area (Å²) in [5.41, 5.74) is 0.478. The molecule has 0 saturated heterocycles. The third kappa shape index (κ3) is 13.2. The number of carbonyl (C=O) groups is 2. The molecule has 4 heteroatoms. The van der Waals surface area contributed by atoms with E-state index in [0.717, 1.165) is 32.1 Å². The van der Waals surface area contributed by atoms with Gasteiger partial charge >= 0.3 is 11.9 Å². The molecule has 0 aromatic heterocycles. The SMILES string of the molecule is CCCCCCCCCCC#CCOC(=O)c1ccccc1C(=O)OCCCCCCC. The first-order chi connectivity index (χ1) is 15.7. The van der Waals surface area contributed by atoms with E-state index in [1.54, 1.807) is 24.3 Å². The molecule has 0 spiro atoms. The average molecular weight is 443 g/mol. The van der Waals surface area contributed by atoms with Crippen LogP contribution in [-0.2, 0) is 9.47 Å². The Hall–Kier alpha value is -2.28. The number of unbranched alkanes of at least 4 members (excludes halogenated alkanes) is 12. The van der Waals surface area contributed by atoms with E-state index < -0.39 is 11.9 Å². The predicted octanol–water partition coefficient (Wildman–Crippen LogP) is 7.50. The summed E-state index contributed by atoms with van der Waals surface area (Å²) in [6.07, 6.45) is 16.4. The highest BCUT2D eigenvalue weighted by molar-refractivity contribution is 6.03. The van der Waals surface area contributed by atoms with Crippen LogP contribution in [0.3, 0.4) is 0 Å². The van der Waals surface area contributed by atoms with Crippen LogP contribution in [0.15, 0.2) is 24.3 Å². The average Bonchev–Trinajstić information content (AvgIpc) is 2.81. The first kappa shape index (κ1) is 27.8. The van der Waals surface area contributed by atoms with Crippen molar-refractivity contribution < 1.29 is 19.1 Å². The number of benzene rings is 1. The molecule has 0 aliphatic rings. The molecule has 0 fully saturated rings. The lowest BCUT2D eigenvalue weighted by Crippen LogP contribution is -2.14. The van der Waals surface area contributed by atoms with Crippen LogP contribution in [0.5, 0.6) is 0 Å². The zero-order valence-electron chi connectivity index (χ0n) is 20.3.